The second-order valence-electron chi connectivity index (χ2n) is 6.74. The summed E-state index contributed by atoms with van der Waals surface area (Å²) in [4.78, 5) is 11.2. The highest BCUT2D eigenvalue weighted by atomic mass is 16.3. The minimum atomic E-state index is -0.428. The summed E-state index contributed by atoms with van der Waals surface area (Å²) in [5.41, 5.74) is 0.295. The molecule has 0 saturated heterocycles. The van der Waals surface area contributed by atoms with Gasteiger partial charge in [0.25, 0.3) is 0 Å². The molecule has 0 radical (unpaired) electrons. The molecule has 3 heteroatoms. The Kier molecular flexibility index (Phi) is 5.47. The summed E-state index contributed by atoms with van der Waals surface area (Å²) in [5, 5.41) is 11.7. The van der Waals surface area contributed by atoms with Crippen molar-refractivity contribution in [3.8, 4) is 0 Å². The maximum atomic E-state index is 11.2. The number of aliphatic hydroxyl groups excluding tert-OH is 1. The third-order valence-electron chi connectivity index (χ3n) is 2.71. The lowest BCUT2D eigenvalue weighted by Crippen LogP contribution is -2.45. The summed E-state index contributed by atoms with van der Waals surface area (Å²) in [6, 6.07) is 0.117. The molecule has 0 fully saturated rings. The Morgan fingerprint density at radius 3 is 2.00 bits per heavy atom. The van der Waals surface area contributed by atoms with Crippen molar-refractivity contribution in [2.75, 3.05) is 6.61 Å². The molecule has 0 bridgehead atoms. The summed E-state index contributed by atoms with van der Waals surface area (Å²) < 4.78 is 0. The maximum Gasteiger partial charge on any atom is 0.245 e. The van der Waals surface area contributed by atoms with Crippen LogP contribution in [0, 0.1) is 10.8 Å². The van der Waals surface area contributed by atoms with Gasteiger partial charge in [0.1, 0.15) is 6.61 Å². The average molecular weight is 229 g/mol. The molecule has 1 atom stereocenters. The molecule has 16 heavy (non-hydrogen) atoms. The minimum absolute atomic E-state index is 0.0239. The Hall–Kier alpha value is -0.570. The fraction of sp³-hybridized carbons (Fsp3) is 0.923. The van der Waals surface area contributed by atoms with E-state index >= 15 is 0 Å². The number of amides is 1. The van der Waals surface area contributed by atoms with E-state index in [0.29, 0.717) is 0 Å². The molecule has 96 valence electrons. The van der Waals surface area contributed by atoms with Crippen molar-refractivity contribution in [1.29, 1.82) is 0 Å². The fourth-order valence-corrected chi connectivity index (χ4v) is 1.54. The molecule has 0 heterocycles. The molecular weight excluding hydrogens is 202 g/mol. The van der Waals surface area contributed by atoms with Gasteiger partial charge in [-0.25, -0.2) is 0 Å². The number of rotatable bonds is 4. The molecule has 0 unspecified atom stereocenters. The standard InChI is InChI=1S/C13H27NO2/c1-12(2,3)8-7-10(13(4,5)6)14-11(16)9-15/h10,15H,7-9H2,1-6H3,(H,14,16)/t10-/m0/s1. The van der Waals surface area contributed by atoms with Crippen molar-refractivity contribution < 1.29 is 9.90 Å². The van der Waals surface area contributed by atoms with Gasteiger partial charge in [-0.2, -0.15) is 0 Å². The molecule has 0 aromatic rings. The summed E-state index contributed by atoms with van der Waals surface area (Å²) >= 11 is 0. The van der Waals surface area contributed by atoms with E-state index < -0.39 is 6.61 Å². The highest BCUT2D eigenvalue weighted by Crippen LogP contribution is 2.28. The molecule has 0 spiro atoms. The number of carbonyl (C=O) groups is 1. The smallest absolute Gasteiger partial charge is 0.245 e. The van der Waals surface area contributed by atoms with E-state index in [-0.39, 0.29) is 22.8 Å². The first kappa shape index (κ1) is 15.4. The van der Waals surface area contributed by atoms with Crippen LogP contribution in [0.2, 0.25) is 0 Å². The van der Waals surface area contributed by atoms with E-state index in [1.54, 1.807) is 0 Å². The molecule has 0 aliphatic rings. The van der Waals surface area contributed by atoms with Crippen LogP contribution < -0.4 is 5.32 Å². The zero-order valence-corrected chi connectivity index (χ0v) is 11.6. The van der Waals surface area contributed by atoms with E-state index in [4.69, 9.17) is 5.11 Å². The lowest BCUT2D eigenvalue weighted by Gasteiger charge is -2.33. The number of aliphatic hydroxyl groups is 1. The monoisotopic (exact) mass is 229 g/mol. The summed E-state index contributed by atoms with van der Waals surface area (Å²) in [5.74, 6) is -0.283. The maximum absolute atomic E-state index is 11.2. The van der Waals surface area contributed by atoms with Gasteiger partial charge in [-0.15, -0.1) is 0 Å². The summed E-state index contributed by atoms with van der Waals surface area (Å²) in [7, 11) is 0. The van der Waals surface area contributed by atoms with E-state index in [9.17, 15) is 4.79 Å². The van der Waals surface area contributed by atoms with Crippen molar-refractivity contribution in [2.45, 2.75) is 60.4 Å². The largest absolute Gasteiger partial charge is 0.387 e. The van der Waals surface area contributed by atoms with Gasteiger partial charge in [0.05, 0.1) is 0 Å². The van der Waals surface area contributed by atoms with Gasteiger partial charge in [0.2, 0.25) is 5.91 Å². The number of nitrogens with one attached hydrogen (secondary N) is 1. The van der Waals surface area contributed by atoms with Crippen LogP contribution in [-0.2, 0) is 4.79 Å². The lowest BCUT2D eigenvalue weighted by molar-refractivity contribution is -0.125. The first-order valence-electron chi connectivity index (χ1n) is 5.96. The summed E-state index contributed by atoms with van der Waals surface area (Å²) in [6.45, 7) is 12.5. The zero-order valence-electron chi connectivity index (χ0n) is 11.6. The Morgan fingerprint density at radius 1 is 1.19 bits per heavy atom. The normalized spacial score (nSPS) is 14.7. The number of carbonyl (C=O) groups excluding carboxylic acids is 1. The third kappa shape index (κ3) is 6.83. The van der Waals surface area contributed by atoms with E-state index in [2.05, 4.69) is 46.9 Å². The molecule has 3 nitrogen and oxygen atoms in total. The third-order valence-corrected chi connectivity index (χ3v) is 2.71. The van der Waals surface area contributed by atoms with Crippen LogP contribution >= 0.6 is 0 Å². The Labute approximate surface area is 99.6 Å². The zero-order chi connectivity index (χ0) is 13.0. The van der Waals surface area contributed by atoms with Crippen LogP contribution in [-0.4, -0.2) is 23.7 Å². The molecule has 0 aliphatic carbocycles. The van der Waals surface area contributed by atoms with E-state index in [0.717, 1.165) is 12.8 Å². The van der Waals surface area contributed by atoms with Gasteiger partial charge in [-0.05, 0) is 23.7 Å². The van der Waals surface area contributed by atoms with Gasteiger partial charge < -0.3 is 10.4 Å². The quantitative estimate of drug-likeness (QED) is 0.777. The second kappa shape index (κ2) is 5.67. The van der Waals surface area contributed by atoms with Crippen LogP contribution in [0.25, 0.3) is 0 Å². The molecule has 2 N–H and O–H groups in total. The van der Waals surface area contributed by atoms with Gasteiger partial charge in [-0.1, -0.05) is 41.5 Å². The second-order valence-corrected chi connectivity index (χ2v) is 6.74. The van der Waals surface area contributed by atoms with Crippen LogP contribution in [0.4, 0.5) is 0 Å². The van der Waals surface area contributed by atoms with Crippen molar-refractivity contribution in [1.82, 2.24) is 5.32 Å². The molecule has 0 saturated carbocycles. The number of hydrogen-bond donors (Lipinski definition) is 2. The Morgan fingerprint density at radius 2 is 1.69 bits per heavy atom. The Bertz CT molecular complexity index is 223. The molecule has 0 rings (SSSR count). The predicted octanol–water partition coefficient (Wildman–Crippen LogP) is 2.34. The summed E-state index contributed by atoms with van der Waals surface area (Å²) in [6.07, 6.45) is 2.00. The fourth-order valence-electron chi connectivity index (χ4n) is 1.54. The first-order valence-corrected chi connectivity index (χ1v) is 5.96. The SMILES string of the molecule is CC(C)(C)CC[C@H](NC(=O)CO)C(C)(C)C. The lowest BCUT2D eigenvalue weighted by atomic mass is 9.80. The van der Waals surface area contributed by atoms with Gasteiger partial charge >= 0.3 is 0 Å². The highest BCUT2D eigenvalue weighted by Gasteiger charge is 2.27. The van der Waals surface area contributed by atoms with E-state index in [1.165, 1.54) is 0 Å². The molecule has 0 aliphatic heterocycles. The Balaban J connectivity index is 4.40. The molecule has 1 amide bonds. The van der Waals surface area contributed by atoms with Gasteiger partial charge in [-0.3, -0.25) is 4.79 Å². The van der Waals surface area contributed by atoms with Crippen molar-refractivity contribution in [2.24, 2.45) is 10.8 Å². The average Bonchev–Trinajstić information content (AvgIpc) is 2.08. The van der Waals surface area contributed by atoms with Crippen molar-refractivity contribution in [3.63, 3.8) is 0 Å². The molecular formula is C13H27NO2. The number of hydrogen-bond acceptors (Lipinski definition) is 2. The topological polar surface area (TPSA) is 49.3 Å². The molecule has 0 aromatic heterocycles. The highest BCUT2D eigenvalue weighted by molar-refractivity contribution is 5.77. The van der Waals surface area contributed by atoms with Crippen molar-refractivity contribution >= 4 is 5.91 Å². The first-order chi connectivity index (χ1) is 7.06. The van der Waals surface area contributed by atoms with Crippen LogP contribution in [0.1, 0.15) is 54.4 Å². The van der Waals surface area contributed by atoms with E-state index in [1.807, 2.05) is 0 Å². The van der Waals surface area contributed by atoms with Crippen LogP contribution in [0.15, 0.2) is 0 Å². The minimum Gasteiger partial charge on any atom is -0.387 e. The van der Waals surface area contributed by atoms with Crippen molar-refractivity contribution in [3.05, 3.63) is 0 Å². The predicted molar refractivity (Wildman–Crippen MR) is 67.2 cm³/mol. The van der Waals surface area contributed by atoms with Crippen LogP contribution in [0.5, 0.6) is 0 Å². The van der Waals surface area contributed by atoms with Crippen LogP contribution in [0.3, 0.4) is 0 Å². The van der Waals surface area contributed by atoms with Gasteiger partial charge in [0.15, 0.2) is 0 Å². The molecule has 0 aromatic carbocycles. The van der Waals surface area contributed by atoms with Gasteiger partial charge in [0, 0.05) is 6.04 Å².